The third kappa shape index (κ3) is 4.39. The van der Waals surface area contributed by atoms with Gasteiger partial charge in [-0.25, -0.2) is 4.79 Å². The fourth-order valence-electron chi connectivity index (χ4n) is 3.71. The van der Waals surface area contributed by atoms with Gasteiger partial charge in [0.1, 0.15) is 11.5 Å². The minimum atomic E-state index is -0.538. The Kier molecular flexibility index (Phi) is 6.02. The van der Waals surface area contributed by atoms with E-state index in [0.717, 1.165) is 36.1 Å². The number of benzene rings is 2. The Morgan fingerprint density at radius 3 is 2.53 bits per heavy atom. The van der Waals surface area contributed by atoms with Crippen LogP contribution in [-0.2, 0) is 12.8 Å². The quantitative estimate of drug-likeness (QED) is 0.240. The number of nitrogens with zero attached hydrogens (tertiary/aromatic N) is 2. The van der Waals surface area contributed by atoms with Crippen molar-refractivity contribution in [1.29, 1.82) is 0 Å². The van der Waals surface area contributed by atoms with Crippen molar-refractivity contribution in [2.45, 2.75) is 39.5 Å². The van der Waals surface area contributed by atoms with Crippen molar-refractivity contribution in [2.75, 3.05) is 5.43 Å². The predicted molar refractivity (Wildman–Crippen MR) is 120 cm³/mol. The number of fused-ring (bicyclic) bond motifs is 1. The van der Waals surface area contributed by atoms with Crippen LogP contribution in [0.2, 0.25) is 0 Å². The molecule has 1 N–H and O–H groups in total. The number of hydrogen-bond donors (Lipinski definition) is 1. The molecular weight excluding hydrogens is 410 g/mol. The van der Waals surface area contributed by atoms with Crippen molar-refractivity contribution in [3.63, 3.8) is 0 Å². The molecule has 1 aliphatic rings. The van der Waals surface area contributed by atoms with Gasteiger partial charge in [-0.2, -0.15) is 5.10 Å². The molecular formula is C24H23N3O5. The van der Waals surface area contributed by atoms with Crippen LogP contribution >= 0.6 is 0 Å². The number of hydrogen-bond acceptors (Lipinski definition) is 7. The highest BCUT2D eigenvalue weighted by atomic mass is 16.6. The number of rotatable bonds is 6. The molecule has 1 heterocycles. The van der Waals surface area contributed by atoms with Crippen LogP contribution in [-0.4, -0.2) is 16.6 Å². The number of nitro benzene ring substituents is 1. The maximum atomic E-state index is 12.8. The van der Waals surface area contributed by atoms with Crippen LogP contribution in [0, 0.1) is 17.0 Å². The van der Waals surface area contributed by atoms with E-state index in [9.17, 15) is 14.9 Å². The lowest BCUT2D eigenvalue weighted by Gasteiger charge is -2.13. The number of hydrazone groups is 1. The summed E-state index contributed by atoms with van der Waals surface area (Å²) < 4.78 is 11.4. The number of nitro groups is 1. The number of non-ortho nitro benzene ring substituents is 1. The topological polar surface area (TPSA) is 107 Å². The van der Waals surface area contributed by atoms with E-state index < -0.39 is 10.9 Å². The SMILES string of the molecule is CCc1ccc(OC(=O)c2oc3c(c2C)/C(=N/Nc2ccc([N+](=O)[O-])cc2)CCC3)cc1. The molecule has 0 atom stereocenters. The Hall–Kier alpha value is -3.94. The van der Waals surface area contributed by atoms with Gasteiger partial charge in [0.15, 0.2) is 0 Å². The van der Waals surface area contributed by atoms with Gasteiger partial charge in [0.05, 0.1) is 16.3 Å². The summed E-state index contributed by atoms with van der Waals surface area (Å²) in [6.07, 6.45) is 3.19. The van der Waals surface area contributed by atoms with Crippen LogP contribution in [0.25, 0.3) is 0 Å². The van der Waals surface area contributed by atoms with E-state index in [1.54, 1.807) is 24.3 Å². The monoisotopic (exact) mass is 433 g/mol. The Labute approximate surface area is 185 Å². The highest BCUT2D eigenvalue weighted by Gasteiger charge is 2.29. The van der Waals surface area contributed by atoms with Crippen LogP contribution in [0.5, 0.6) is 5.75 Å². The maximum Gasteiger partial charge on any atom is 0.379 e. The summed E-state index contributed by atoms with van der Waals surface area (Å²) in [6.45, 7) is 3.89. The van der Waals surface area contributed by atoms with Crippen molar-refractivity contribution >= 4 is 23.1 Å². The molecule has 0 amide bonds. The van der Waals surface area contributed by atoms with E-state index in [0.29, 0.717) is 29.2 Å². The van der Waals surface area contributed by atoms with Crippen LogP contribution in [0.15, 0.2) is 58.0 Å². The molecule has 164 valence electrons. The van der Waals surface area contributed by atoms with Gasteiger partial charge in [-0.1, -0.05) is 19.1 Å². The fourth-order valence-corrected chi connectivity index (χ4v) is 3.71. The van der Waals surface area contributed by atoms with E-state index in [-0.39, 0.29) is 11.4 Å². The van der Waals surface area contributed by atoms with Crippen molar-refractivity contribution in [2.24, 2.45) is 5.10 Å². The molecule has 4 rings (SSSR count). The van der Waals surface area contributed by atoms with Gasteiger partial charge < -0.3 is 9.15 Å². The fraction of sp³-hybridized carbons (Fsp3) is 0.250. The summed E-state index contributed by atoms with van der Waals surface area (Å²) in [5, 5.41) is 15.3. The summed E-state index contributed by atoms with van der Waals surface area (Å²) in [5.74, 6) is 0.823. The van der Waals surface area contributed by atoms with Gasteiger partial charge >= 0.3 is 5.97 Å². The number of furan rings is 1. The standard InChI is InChI=1S/C24H23N3O5/c1-3-16-7-13-19(14-8-16)31-24(28)23-15(2)22-20(5-4-6-21(22)32-23)26-25-17-9-11-18(12-10-17)27(29)30/h7-14,25H,3-6H2,1-2H3/b26-20+. The second-order valence-corrected chi connectivity index (χ2v) is 7.57. The number of ether oxygens (including phenoxy) is 1. The van der Waals surface area contributed by atoms with Gasteiger partial charge in [0, 0.05) is 29.7 Å². The average Bonchev–Trinajstić information content (AvgIpc) is 3.15. The molecule has 32 heavy (non-hydrogen) atoms. The van der Waals surface area contributed by atoms with Crippen LogP contribution in [0.4, 0.5) is 11.4 Å². The van der Waals surface area contributed by atoms with Crippen LogP contribution in [0.1, 0.15) is 52.8 Å². The maximum absolute atomic E-state index is 12.8. The van der Waals surface area contributed by atoms with Gasteiger partial charge in [-0.05, 0) is 56.0 Å². The molecule has 8 nitrogen and oxygen atoms in total. The molecule has 0 aliphatic heterocycles. The Balaban J connectivity index is 1.54. The molecule has 1 aromatic heterocycles. The van der Waals surface area contributed by atoms with Gasteiger partial charge in [-0.3, -0.25) is 15.5 Å². The third-order valence-corrected chi connectivity index (χ3v) is 5.45. The van der Waals surface area contributed by atoms with E-state index in [2.05, 4.69) is 17.5 Å². The third-order valence-electron chi connectivity index (χ3n) is 5.45. The molecule has 0 unspecified atom stereocenters. The summed E-state index contributed by atoms with van der Waals surface area (Å²) in [7, 11) is 0. The molecule has 0 saturated carbocycles. The second kappa shape index (κ2) is 9.05. The largest absolute Gasteiger partial charge is 0.453 e. The number of esters is 1. The van der Waals surface area contributed by atoms with E-state index in [4.69, 9.17) is 9.15 Å². The highest BCUT2D eigenvalue weighted by molar-refractivity contribution is 6.06. The predicted octanol–water partition coefficient (Wildman–Crippen LogP) is 5.43. The lowest BCUT2D eigenvalue weighted by Crippen LogP contribution is -2.13. The van der Waals surface area contributed by atoms with E-state index >= 15 is 0 Å². The van der Waals surface area contributed by atoms with Gasteiger partial charge in [-0.15, -0.1) is 0 Å². The summed E-state index contributed by atoms with van der Waals surface area (Å²) in [4.78, 5) is 23.1. The molecule has 1 aliphatic carbocycles. The molecule has 3 aromatic rings. The number of aryl methyl sites for hydroxylation is 2. The lowest BCUT2D eigenvalue weighted by molar-refractivity contribution is -0.384. The summed E-state index contributed by atoms with van der Waals surface area (Å²) >= 11 is 0. The van der Waals surface area contributed by atoms with Crippen molar-refractivity contribution in [3.8, 4) is 5.75 Å². The van der Waals surface area contributed by atoms with Crippen LogP contribution < -0.4 is 10.2 Å². The Morgan fingerprint density at radius 2 is 1.88 bits per heavy atom. The van der Waals surface area contributed by atoms with Crippen molar-refractivity contribution in [3.05, 3.63) is 86.9 Å². The lowest BCUT2D eigenvalue weighted by atomic mass is 9.93. The Morgan fingerprint density at radius 1 is 1.16 bits per heavy atom. The average molecular weight is 433 g/mol. The zero-order valence-corrected chi connectivity index (χ0v) is 17.9. The van der Waals surface area contributed by atoms with Crippen LogP contribution in [0.3, 0.4) is 0 Å². The molecule has 0 saturated heterocycles. The first-order valence-corrected chi connectivity index (χ1v) is 10.5. The molecule has 8 heteroatoms. The molecule has 0 spiro atoms. The number of nitrogens with one attached hydrogen (secondary N) is 1. The zero-order chi connectivity index (χ0) is 22.7. The number of anilines is 1. The minimum Gasteiger partial charge on any atom is -0.453 e. The van der Waals surface area contributed by atoms with Crippen molar-refractivity contribution < 1.29 is 18.9 Å². The molecule has 0 bridgehead atoms. The first-order valence-electron chi connectivity index (χ1n) is 10.5. The first-order chi connectivity index (χ1) is 15.5. The van der Waals surface area contributed by atoms with Crippen molar-refractivity contribution in [1.82, 2.24) is 0 Å². The highest BCUT2D eigenvalue weighted by Crippen LogP contribution is 2.31. The van der Waals surface area contributed by atoms with Gasteiger partial charge in [0.2, 0.25) is 5.76 Å². The minimum absolute atomic E-state index is 0.0151. The first kappa shape index (κ1) is 21.3. The molecule has 0 fully saturated rings. The smallest absolute Gasteiger partial charge is 0.379 e. The number of carbonyl (C=O) groups excluding carboxylic acids is 1. The Bertz CT molecular complexity index is 1180. The molecule has 2 aromatic carbocycles. The summed E-state index contributed by atoms with van der Waals surface area (Å²) in [6, 6.07) is 13.4. The zero-order valence-electron chi connectivity index (χ0n) is 17.9. The molecule has 0 radical (unpaired) electrons. The normalized spacial score (nSPS) is 14.1. The van der Waals surface area contributed by atoms with E-state index in [1.807, 2.05) is 19.1 Å². The number of carbonyl (C=O) groups is 1. The summed E-state index contributed by atoms with van der Waals surface area (Å²) in [5.41, 5.74) is 7.04. The second-order valence-electron chi connectivity index (χ2n) is 7.57. The van der Waals surface area contributed by atoms with Gasteiger partial charge in [0.25, 0.3) is 5.69 Å². The van der Waals surface area contributed by atoms with E-state index in [1.165, 1.54) is 12.1 Å².